The average Bonchev–Trinajstić information content (AvgIpc) is 2.55. The standard InChI is InChI=1S/C16H15Cl2N3OS/c1-19-16(23)21-20-9-11-5-2-3-8-15(11)22-10-12-13(17)6-4-7-14(12)18/h2-9H,10H2,1H3,(H2,19,21,23). The minimum atomic E-state index is 0.270. The summed E-state index contributed by atoms with van der Waals surface area (Å²) in [6.07, 6.45) is 1.63. The van der Waals surface area contributed by atoms with Crippen LogP contribution >= 0.6 is 35.4 Å². The molecule has 0 saturated carbocycles. The van der Waals surface area contributed by atoms with E-state index >= 15 is 0 Å². The van der Waals surface area contributed by atoms with E-state index in [0.717, 1.165) is 11.1 Å². The van der Waals surface area contributed by atoms with Gasteiger partial charge in [0, 0.05) is 28.2 Å². The summed E-state index contributed by atoms with van der Waals surface area (Å²) in [6, 6.07) is 12.9. The van der Waals surface area contributed by atoms with Crippen LogP contribution in [0.1, 0.15) is 11.1 Å². The van der Waals surface area contributed by atoms with Gasteiger partial charge in [-0.25, -0.2) is 0 Å². The smallest absolute Gasteiger partial charge is 0.186 e. The number of ether oxygens (including phenoxy) is 1. The number of halogens is 2. The van der Waals surface area contributed by atoms with Gasteiger partial charge in [0.1, 0.15) is 12.4 Å². The number of nitrogens with zero attached hydrogens (tertiary/aromatic N) is 1. The van der Waals surface area contributed by atoms with Crippen LogP contribution in [0.15, 0.2) is 47.6 Å². The summed E-state index contributed by atoms with van der Waals surface area (Å²) in [7, 11) is 1.72. The number of benzene rings is 2. The normalized spacial score (nSPS) is 10.6. The lowest BCUT2D eigenvalue weighted by Crippen LogP contribution is -2.28. The van der Waals surface area contributed by atoms with E-state index in [1.165, 1.54) is 0 Å². The molecule has 2 aromatic rings. The van der Waals surface area contributed by atoms with Crippen molar-refractivity contribution < 1.29 is 4.74 Å². The maximum atomic E-state index is 6.15. The van der Waals surface area contributed by atoms with Crippen LogP contribution < -0.4 is 15.5 Å². The molecule has 0 amide bonds. The van der Waals surface area contributed by atoms with Crippen LogP contribution in [0, 0.1) is 0 Å². The largest absolute Gasteiger partial charge is 0.488 e. The van der Waals surface area contributed by atoms with Crippen molar-refractivity contribution >= 4 is 46.7 Å². The first-order valence-electron chi connectivity index (χ1n) is 6.77. The Bertz CT molecular complexity index is 702. The molecule has 0 saturated heterocycles. The van der Waals surface area contributed by atoms with Crippen LogP contribution in [0.3, 0.4) is 0 Å². The van der Waals surface area contributed by atoms with E-state index in [1.54, 1.807) is 31.5 Å². The molecule has 0 spiro atoms. The molecule has 0 aliphatic carbocycles. The summed E-state index contributed by atoms with van der Waals surface area (Å²) in [5, 5.41) is 8.40. The Morgan fingerprint density at radius 3 is 2.57 bits per heavy atom. The maximum Gasteiger partial charge on any atom is 0.186 e. The third-order valence-corrected chi connectivity index (χ3v) is 3.95. The molecular formula is C16H15Cl2N3OS. The first-order chi connectivity index (χ1) is 11.1. The predicted molar refractivity (Wildman–Crippen MR) is 99.6 cm³/mol. The molecule has 0 heterocycles. The number of rotatable bonds is 5. The first kappa shape index (κ1) is 17.5. The number of hydrazone groups is 1. The van der Waals surface area contributed by atoms with Crippen LogP contribution in [-0.2, 0) is 6.61 Å². The highest BCUT2D eigenvalue weighted by Gasteiger charge is 2.07. The van der Waals surface area contributed by atoms with Gasteiger partial charge in [-0.05, 0) is 36.5 Å². The quantitative estimate of drug-likeness (QED) is 0.476. The van der Waals surface area contributed by atoms with E-state index in [0.29, 0.717) is 20.9 Å². The zero-order chi connectivity index (χ0) is 16.7. The van der Waals surface area contributed by atoms with Gasteiger partial charge in [0.05, 0.1) is 6.21 Å². The molecule has 0 fully saturated rings. The van der Waals surface area contributed by atoms with Crippen molar-refractivity contribution in [2.75, 3.05) is 7.05 Å². The molecule has 7 heteroatoms. The number of nitrogens with one attached hydrogen (secondary N) is 2. The van der Waals surface area contributed by atoms with Crippen molar-refractivity contribution in [3.63, 3.8) is 0 Å². The van der Waals surface area contributed by atoms with Gasteiger partial charge in [0.25, 0.3) is 0 Å². The van der Waals surface area contributed by atoms with E-state index < -0.39 is 0 Å². The van der Waals surface area contributed by atoms with Gasteiger partial charge < -0.3 is 10.1 Å². The molecule has 0 bridgehead atoms. The Balaban J connectivity index is 2.10. The van der Waals surface area contributed by atoms with Crippen LogP contribution in [0.4, 0.5) is 0 Å². The summed E-state index contributed by atoms with van der Waals surface area (Å²) in [5.41, 5.74) is 4.25. The molecular weight excluding hydrogens is 353 g/mol. The molecule has 2 rings (SSSR count). The Labute approximate surface area is 150 Å². The third-order valence-electron chi connectivity index (χ3n) is 2.95. The van der Waals surface area contributed by atoms with Crippen molar-refractivity contribution in [1.82, 2.24) is 10.7 Å². The fraction of sp³-hybridized carbons (Fsp3) is 0.125. The van der Waals surface area contributed by atoms with Crippen molar-refractivity contribution in [2.24, 2.45) is 5.10 Å². The summed E-state index contributed by atoms with van der Waals surface area (Å²) in [4.78, 5) is 0. The zero-order valence-electron chi connectivity index (χ0n) is 12.3. The Kier molecular flexibility index (Phi) is 6.65. The van der Waals surface area contributed by atoms with E-state index in [1.807, 2.05) is 24.3 Å². The molecule has 120 valence electrons. The molecule has 0 radical (unpaired) electrons. The average molecular weight is 368 g/mol. The number of thiocarbonyl (C=S) groups is 1. The molecule has 4 nitrogen and oxygen atoms in total. The second-order valence-corrected chi connectivity index (χ2v) is 5.70. The number of hydrogen-bond donors (Lipinski definition) is 2. The van der Waals surface area contributed by atoms with Gasteiger partial charge in [-0.2, -0.15) is 5.10 Å². The van der Waals surface area contributed by atoms with Crippen LogP contribution in [-0.4, -0.2) is 18.4 Å². The monoisotopic (exact) mass is 367 g/mol. The summed E-state index contributed by atoms with van der Waals surface area (Å²) in [5.74, 6) is 0.671. The second-order valence-electron chi connectivity index (χ2n) is 4.48. The minimum Gasteiger partial charge on any atom is -0.488 e. The van der Waals surface area contributed by atoms with Gasteiger partial charge in [-0.15, -0.1) is 0 Å². The Hall–Kier alpha value is -1.82. The fourth-order valence-corrected chi connectivity index (χ4v) is 2.31. The van der Waals surface area contributed by atoms with Crippen LogP contribution in [0.5, 0.6) is 5.75 Å². The van der Waals surface area contributed by atoms with E-state index in [2.05, 4.69) is 15.8 Å². The molecule has 0 atom stereocenters. The number of hydrogen-bond acceptors (Lipinski definition) is 3. The van der Waals surface area contributed by atoms with E-state index in [9.17, 15) is 0 Å². The second kappa shape index (κ2) is 8.72. The summed E-state index contributed by atoms with van der Waals surface area (Å²) in [6.45, 7) is 0.270. The first-order valence-corrected chi connectivity index (χ1v) is 7.93. The van der Waals surface area contributed by atoms with Gasteiger partial charge in [0.15, 0.2) is 5.11 Å². The number of para-hydroxylation sites is 1. The summed E-state index contributed by atoms with van der Waals surface area (Å²) < 4.78 is 5.83. The van der Waals surface area contributed by atoms with Crippen molar-refractivity contribution in [1.29, 1.82) is 0 Å². The highest BCUT2D eigenvalue weighted by molar-refractivity contribution is 7.80. The van der Waals surface area contributed by atoms with Gasteiger partial charge >= 0.3 is 0 Å². The molecule has 0 aliphatic heterocycles. The molecule has 0 aromatic heterocycles. The topological polar surface area (TPSA) is 45.7 Å². The minimum absolute atomic E-state index is 0.270. The van der Waals surface area contributed by atoms with Crippen LogP contribution in [0.2, 0.25) is 10.0 Å². The Morgan fingerprint density at radius 1 is 1.17 bits per heavy atom. The lowest BCUT2D eigenvalue weighted by molar-refractivity contribution is 0.306. The fourth-order valence-electron chi connectivity index (χ4n) is 1.76. The highest BCUT2D eigenvalue weighted by Crippen LogP contribution is 2.26. The molecule has 0 aliphatic rings. The predicted octanol–water partition coefficient (Wildman–Crippen LogP) is 4.00. The lowest BCUT2D eigenvalue weighted by Gasteiger charge is -2.11. The van der Waals surface area contributed by atoms with E-state index in [4.69, 9.17) is 40.2 Å². The van der Waals surface area contributed by atoms with Gasteiger partial charge in [-0.1, -0.05) is 41.4 Å². The van der Waals surface area contributed by atoms with Crippen molar-refractivity contribution in [2.45, 2.75) is 6.61 Å². The molecule has 2 aromatic carbocycles. The molecule has 23 heavy (non-hydrogen) atoms. The zero-order valence-corrected chi connectivity index (χ0v) is 14.7. The van der Waals surface area contributed by atoms with Gasteiger partial charge in [0.2, 0.25) is 0 Å². The summed E-state index contributed by atoms with van der Waals surface area (Å²) >= 11 is 17.2. The molecule has 2 N–H and O–H groups in total. The van der Waals surface area contributed by atoms with Crippen LogP contribution in [0.25, 0.3) is 0 Å². The maximum absolute atomic E-state index is 6.15. The lowest BCUT2D eigenvalue weighted by atomic mass is 10.2. The van der Waals surface area contributed by atoms with E-state index in [-0.39, 0.29) is 6.61 Å². The van der Waals surface area contributed by atoms with Crippen molar-refractivity contribution in [3.8, 4) is 5.75 Å². The van der Waals surface area contributed by atoms with Crippen molar-refractivity contribution in [3.05, 3.63) is 63.6 Å². The third kappa shape index (κ3) is 5.10. The van der Waals surface area contributed by atoms with Gasteiger partial charge in [-0.3, -0.25) is 5.43 Å². The highest BCUT2D eigenvalue weighted by atomic mass is 35.5. The Morgan fingerprint density at radius 2 is 1.87 bits per heavy atom. The SMILES string of the molecule is CNC(=S)NN=Cc1ccccc1OCc1c(Cl)cccc1Cl. The molecule has 0 unspecified atom stereocenters.